The topological polar surface area (TPSA) is 38.7 Å². The Morgan fingerprint density at radius 2 is 1.33 bits per heavy atom. The van der Waals surface area contributed by atoms with E-state index in [0.717, 1.165) is 33.6 Å². The molecular formula is C25H24Cl2O3. The first-order valence-electron chi connectivity index (χ1n) is 9.70. The normalized spacial score (nSPS) is 11.7. The quantitative estimate of drug-likeness (QED) is 0.311. The third-order valence-corrected chi connectivity index (χ3v) is 5.16. The van der Waals surface area contributed by atoms with Gasteiger partial charge in [-0.2, -0.15) is 0 Å². The first kappa shape index (κ1) is 22.2. The summed E-state index contributed by atoms with van der Waals surface area (Å²) >= 11 is 12.3. The second-order valence-corrected chi connectivity index (χ2v) is 7.44. The molecule has 0 aliphatic rings. The molecule has 0 bridgehead atoms. The van der Waals surface area contributed by atoms with E-state index in [1.54, 1.807) is 7.11 Å². The van der Waals surface area contributed by atoms with Gasteiger partial charge in [-0.25, -0.2) is 0 Å². The molecule has 0 unspecified atom stereocenters. The van der Waals surface area contributed by atoms with Crippen LogP contribution in [0.3, 0.4) is 0 Å². The van der Waals surface area contributed by atoms with Crippen molar-refractivity contribution in [3.05, 3.63) is 94.5 Å². The number of methoxy groups -OCH3 is 1. The minimum Gasteiger partial charge on any atom is -0.497 e. The highest BCUT2D eigenvalue weighted by atomic mass is 35.5. The van der Waals surface area contributed by atoms with Crippen LogP contribution < -0.4 is 9.47 Å². The lowest BCUT2D eigenvalue weighted by Crippen LogP contribution is -2.02. The largest absolute Gasteiger partial charge is 0.497 e. The molecule has 0 heterocycles. The van der Waals surface area contributed by atoms with E-state index in [0.29, 0.717) is 23.1 Å². The van der Waals surface area contributed by atoms with Crippen molar-refractivity contribution >= 4 is 34.3 Å². The second-order valence-electron chi connectivity index (χ2n) is 6.62. The Kier molecular flexibility index (Phi) is 8.21. The number of alkyl halides is 1. The van der Waals surface area contributed by atoms with Crippen LogP contribution in [0, 0.1) is 0 Å². The summed E-state index contributed by atoms with van der Waals surface area (Å²) < 4.78 is 10.8. The van der Waals surface area contributed by atoms with Crippen molar-refractivity contribution in [1.29, 1.82) is 0 Å². The number of benzene rings is 3. The van der Waals surface area contributed by atoms with Crippen molar-refractivity contribution in [3.63, 3.8) is 0 Å². The molecule has 30 heavy (non-hydrogen) atoms. The molecule has 0 fully saturated rings. The van der Waals surface area contributed by atoms with E-state index >= 15 is 0 Å². The lowest BCUT2D eigenvalue weighted by Gasteiger charge is -2.18. The van der Waals surface area contributed by atoms with Crippen LogP contribution in [0.5, 0.6) is 11.5 Å². The molecule has 0 saturated heterocycles. The lowest BCUT2D eigenvalue weighted by molar-refractivity contribution is 0.201. The summed E-state index contributed by atoms with van der Waals surface area (Å²) in [4.78, 5) is 0. The van der Waals surface area contributed by atoms with Crippen LogP contribution in [0.15, 0.2) is 72.8 Å². The number of halogens is 2. The van der Waals surface area contributed by atoms with Gasteiger partial charge in [0.1, 0.15) is 18.1 Å². The minimum atomic E-state index is -0.0187. The molecule has 3 nitrogen and oxygen atoms in total. The average molecular weight is 443 g/mol. The van der Waals surface area contributed by atoms with Gasteiger partial charge in [0.2, 0.25) is 0 Å². The molecular weight excluding hydrogens is 419 g/mol. The number of allylic oxidation sites excluding steroid dienone is 1. The van der Waals surface area contributed by atoms with Gasteiger partial charge in [0, 0.05) is 10.9 Å². The summed E-state index contributed by atoms with van der Waals surface area (Å²) in [5, 5.41) is 9.67. The lowest BCUT2D eigenvalue weighted by atomic mass is 9.88. The summed E-state index contributed by atoms with van der Waals surface area (Å²) in [7, 11) is 1.66. The second kappa shape index (κ2) is 11.1. The van der Waals surface area contributed by atoms with Gasteiger partial charge in [0.25, 0.3) is 0 Å². The molecule has 3 aromatic rings. The molecule has 0 atom stereocenters. The molecule has 156 valence electrons. The number of hydrogen-bond donors (Lipinski definition) is 1. The van der Waals surface area contributed by atoms with Gasteiger partial charge in [-0.15, -0.1) is 11.6 Å². The molecule has 5 heteroatoms. The molecule has 0 radical (unpaired) electrons. The van der Waals surface area contributed by atoms with Gasteiger partial charge >= 0.3 is 0 Å². The first-order valence-corrected chi connectivity index (χ1v) is 10.6. The standard InChI is InChI=1S/C25H24Cl2O3/c1-29-22-10-4-19(5-11-22)25(20-6-12-23(13-7-20)30-17-16-28)24(14-15-26)18-2-8-21(27)9-3-18/h2-13,28H,14-17H2,1H3/b25-24+. The highest BCUT2D eigenvalue weighted by Gasteiger charge is 2.15. The third-order valence-electron chi connectivity index (χ3n) is 4.72. The Labute approximate surface area is 187 Å². The number of ether oxygens (including phenoxy) is 2. The summed E-state index contributed by atoms with van der Waals surface area (Å²) in [5.41, 5.74) is 5.41. The third kappa shape index (κ3) is 5.57. The fraction of sp³-hybridized carbons (Fsp3) is 0.200. The van der Waals surface area contributed by atoms with Gasteiger partial charge in [-0.3, -0.25) is 0 Å². The summed E-state index contributed by atoms with van der Waals surface area (Å²) in [6.45, 7) is 0.248. The molecule has 0 aliphatic carbocycles. The minimum absolute atomic E-state index is 0.0187. The fourth-order valence-corrected chi connectivity index (χ4v) is 3.63. The monoisotopic (exact) mass is 442 g/mol. The van der Waals surface area contributed by atoms with E-state index in [-0.39, 0.29) is 13.2 Å². The average Bonchev–Trinajstić information content (AvgIpc) is 2.79. The maximum absolute atomic E-state index is 8.97. The molecule has 3 aromatic carbocycles. The van der Waals surface area contributed by atoms with Crippen molar-refractivity contribution in [2.45, 2.75) is 6.42 Å². The van der Waals surface area contributed by atoms with Crippen molar-refractivity contribution in [2.75, 3.05) is 26.2 Å². The Morgan fingerprint density at radius 1 is 0.800 bits per heavy atom. The van der Waals surface area contributed by atoms with Crippen LogP contribution >= 0.6 is 23.2 Å². The SMILES string of the molecule is COc1ccc(/C(=C(/CCCl)c2ccc(Cl)cc2)c2ccc(OCCO)cc2)cc1. The smallest absolute Gasteiger partial charge is 0.119 e. The van der Waals surface area contributed by atoms with Gasteiger partial charge in [-0.05, 0) is 70.7 Å². The Balaban J connectivity index is 2.15. The first-order chi connectivity index (χ1) is 14.7. The van der Waals surface area contributed by atoms with Gasteiger partial charge < -0.3 is 14.6 Å². The van der Waals surface area contributed by atoms with E-state index in [1.807, 2.05) is 60.7 Å². The van der Waals surface area contributed by atoms with E-state index in [2.05, 4.69) is 12.1 Å². The van der Waals surface area contributed by atoms with Crippen LogP contribution in [-0.4, -0.2) is 31.3 Å². The zero-order chi connectivity index (χ0) is 21.3. The molecule has 0 aliphatic heterocycles. The van der Waals surface area contributed by atoms with Crippen LogP contribution in [0.1, 0.15) is 23.1 Å². The van der Waals surface area contributed by atoms with Crippen molar-refractivity contribution in [2.24, 2.45) is 0 Å². The van der Waals surface area contributed by atoms with E-state index in [1.165, 1.54) is 0 Å². The molecule has 0 amide bonds. The number of aliphatic hydroxyl groups excluding tert-OH is 1. The zero-order valence-electron chi connectivity index (χ0n) is 16.8. The maximum atomic E-state index is 8.97. The predicted molar refractivity (Wildman–Crippen MR) is 125 cm³/mol. The van der Waals surface area contributed by atoms with E-state index in [9.17, 15) is 0 Å². The van der Waals surface area contributed by atoms with Crippen molar-refractivity contribution < 1.29 is 14.6 Å². The number of aliphatic hydroxyl groups is 1. The van der Waals surface area contributed by atoms with Crippen LogP contribution in [0.2, 0.25) is 5.02 Å². The Morgan fingerprint density at radius 3 is 1.83 bits per heavy atom. The van der Waals surface area contributed by atoms with Crippen LogP contribution in [0.4, 0.5) is 0 Å². The van der Waals surface area contributed by atoms with Crippen LogP contribution in [-0.2, 0) is 0 Å². The van der Waals surface area contributed by atoms with Gasteiger partial charge in [0.15, 0.2) is 0 Å². The number of hydrogen-bond acceptors (Lipinski definition) is 3. The van der Waals surface area contributed by atoms with Crippen molar-refractivity contribution in [1.82, 2.24) is 0 Å². The molecule has 0 spiro atoms. The Hall–Kier alpha value is -2.46. The van der Waals surface area contributed by atoms with E-state index < -0.39 is 0 Å². The van der Waals surface area contributed by atoms with Gasteiger partial charge in [-0.1, -0.05) is 48.0 Å². The molecule has 0 saturated carbocycles. The summed E-state index contributed by atoms with van der Waals surface area (Å²) in [6, 6.07) is 23.7. The zero-order valence-corrected chi connectivity index (χ0v) is 18.3. The Bertz CT molecular complexity index is 963. The van der Waals surface area contributed by atoms with Crippen LogP contribution in [0.25, 0.3) is 11.1 Å². The number of rotatable bonds is 9. The highest BCUT2D eigenvalue weighted by Crippen LogP contribution is 2.36. The van der Waals surface area contributed by atoms with E-state index in [4.69, 9.17) is 37.8 Å². The molecule has 0 aromatic heterocycles. The van der Waals surface area contributed by atoms with Crippen molar-refractivity contribution in [3.8, 4) is 11.5 Å². The van der Waals surface area contributed by atoms with Gasteiger partial charge in [0.05, 0.1) is 13.7 Å². The maximum Gasteiger partial charge on any atom is 0.119 e. The molecule has 1 N–H and O–H groups in total. The predicted octanol–water partition coefficient (Wildman–Crippen LogP) is 6.31. The highest BCUT2D eigenvalue weighted by molar-refractivity contribution is 6.30. The summed E-state index contributed by atoms with van der Waals surface area (Å²) in [5.74, 6) is 2.01. The fourth-order valence-electron chi connectivity index (χ4n) is 3.31. The summed E-state index contributed by atoms with van der Waals surface area (Å²) in [6.07, 6.45) is 0.702. The molecule has 3 rings (SSSR count).